The van der Waals surface area contributed by atoms with Gasteiger partial charge in [0.05, 0.1) is 31.1 Å². The van der Waals surface area contributed by atoms with E-state index in [1.54, 1.807) is 21.8 Å². The Kier molecular flexibility index (Phi) is 5.14. The Labute approximate surface area is 146 Å². The monoisotopic (exact) mass is 342 g/mol. The van der Waals surface area contributed by atoms with Crippen molar-refractivity contribution < 1.29 is 14.3 Å². The van der Waals surface area contributed by atoms with E-state index in [4.69, 9.17) is 4.74 Å². The van der Waals surface area contributed by atoms with Gasteiger partial charge in [-0.15, -0.1) is 0 Å². The Morgan fingerprint density at radius 1 is 1.28 bits per heavy atom. The topological polar surface area (TPSA) is 67.7 Å². The number of esters is 1. The zero-order chi connectivity index (χ0) is 17.8. The Morgan fingerprint density at radius 3 is 2.76 bits per heavy atom. The van der Waals surface area contributed by atoms with Crippen molar-refractivity contribution in [2.75, 3.05) is 38.2 Å². The van der Waals surface area contributed by atoms with E-state index in [1.165, 1.54) is 7.11 Å². The number of nitrogens with zero attached hydrogens (tertiary/aromatic N) is 4. The molecule has 1 aromatic carbocycles. The molecular weight excluding hydrogens is 320 g/mol. The third-order valence-electron chi connectivity index (χ3n) is 4.42. The number of carbonyl (C=O) groups is 2. The number of aromatic nitrogens is 2. The number of hydrogen-bond donors (Lipinski definition) is 0. The van der Waals surface area contributed by atoms with E-state index in [2.05, 4.69) is 10.00 Å². The van der Waals surface area contributed by atoms with E-state index in [-0.39, 0.29) is 11.9 Å². The first-order valence-electron chi connectivity index (χ1n) is 8.26. The van der Waals surface area contributed by atoms with Crippen LogP contribution >= 0.6 is 0 Å². The molecular formula is C18H22N4O3. The molecule has 3 rings (SSSR count). The molecule has 7 nitrogen and oxygen atoms in total. The van der Waals surface area contributed by atoms with Crippen molar-refractivity contribution in [3.8, 4) is 0 Å². The first kappa shape index (κ1) is 17.2. The van der Waals surface area contributed by atoms with Crippen LogP contribution in [-0.4, -0.2) is 59.8 Å². The maximum Gasteiger partial charge on any atom is 0.338 e. The van der Waals surface area contributed by atoms with E-state index >= 15 is 0 Å². The molecule has 1 aromatic heterocycles. The molecule has 7 heteroatoms. The summed E-state index contributed by atoms with van der Waals surface area (Å²) in [4.78, 5) is 28.1. The van der Waals surface area contributed by atoms with Crippen molar-refractivity contribution in [3.63, 3.8) is 0 Å². The van der Waals surface area contributed by atoms with E-state index < -0.39 is 0 Å². The predicted octanol–water partition coefficient (Wildman–Crippen LogP) is 1.10. The third-order valence-corrected chi connectivity index (χ3v) is 4.42. The molecule has 2 heterocycles. The fourth-order valence-electron chi connectivity index (χ4n) is 3.06. The van der Waals surface area contributed by atoms with Crippen molar-refractivity contribution >= 4 is 17.6 Å². The molecule has 1 fully saturated rings. The van der Waals surface area contributed by atoms with Crippen molar-refractivity contribution in [3.05, 3.63) is 47.8 Å². The summed E-state index contributed by atoms with van der Waals surface area (Å²) in [5.41, 5.74) is 2.37. The molecule has 1 aliphatic rings. The first-order chi connectivity index (χ1) is 12.1. The summed E-state index contributed by atoms with van der Waals surface area (Å²) in [5.74, 6) is -0.256. The fourth-order valence-corrected chi connectivity index (χ4v) is 3.06. The summed E-state index contributed by atoms with van der Waals surface area (Å²) in [6.45, 7) is 2.53. The number of carbonyl (C=O) groups excluding carboxylic acids is 2. The highest BCUT2D eigenvalue weighted by molar-refractivity contribution is 5.95. The Balaban J connectivity index is 1.59. The molecule has 0 bridgehead atoms. The second-order valence-electron chi connectivity index (χ2n) is 6.09. The second-order valence-corrected chi connectivity index (χ2v) is 6.09. The van der Waals surface area contributed by atoms with Gasteiger partial charge >= 0.3 is 5.97 Å². The summed E-state index contributed by atoms with van der Waals surface area (Å²) in [5, 5.41) is 4.12. The molecule has 1 amide bonds. The zero-order valence-corrected chi connectivity index (χ0v) is 14.5. The highest BCUT2D eigenvalue weighted by atomic mass is 16.5. The average molecular weight is 342 g/mol. The molecule has 1 aliphatic heterocycles. The summed E-state index contributed by atoms with van der Waals surface area (Å²) >= 11 is 0. The van der Waals surface area contributed by atoms with E-state index in [9.17, 15) is 9.59 Å². The summed E-state index contributed by atoms with van der Waals surface area (Å²) in [6, 6.07) is 7.44. The lowest BCUT2D eigenvalue weighted by Crippen LogP contribution is -2.50. The SMILES string of the molecule is COC(=O)c1ccccc1CCN1CCN(c2cnn(C)c2)C(=O)C1. The van der Waals surface area contributed by atoms with Gasteiger partial charge in [0.25, 0.3) is 0 Å². The van der Waals surface area contributed by atoms with Crippen LogP contribution in [0.3, 0.4) is 0 Å². The van der Waals surface area contributed by atoms with Gasteiger partial charge in [0, 0.05) is 32.9 Å². The van der Waals surface area contributed by atoms with E-state index in [1.807, 2.05) is 31.4 Å². The van der Waals surface area contributed by atoms with Crippen LogP contribution in [0, 0.1) is 0 Å². The van der Waals surface area contributed by atoms with Gasteiger partial charge in [-0.2, -0.15) is 5.10 Å². The number of piperazine rings is 1. The average Bonchev–Trinajstić information content (AvgIpc) is 3.05. The molecule has 25 heavy (non-hydrogen) atoms. The quantitative estimate of drug-likeness (QED) is 0.761. The summed E-state index contributed by atoms with van der Waals surface area (Å²) < 4.78 is 6.52. The normalized spacial score (nSPS) is 15.4. The van der Waals surface area contributed by atoms with Crippen molar-refractivity contribution in [1.82, 2.24) is 14.7 Å². The van der Waals surface area contributed by atoms with E-state index in [0.29, 0.717) is 25.1 Å². The minimum Gasteiger partial charge on any atom is -0.465 e. The third kappa shape index (κ3) is 3.88. The number of hydrogen-bond acceptors (Lipinski definition) is 5. The minimum absolute atomic E-state index is 0.0699. The van der Waals surface area contributed by atoms with Crippen LogP contribution in [-0.2, 0) is 23.0 Å². The number of amides is 1. The molecule has 0 spiro atoms. The maximum absolute atomic E-state index is 12.4. The van der Waals surface area contributed by atoms with Crippen molar-refractivity contribution in [2.24, 2.45) is 7.05 Å². The molecule has 0 N–H and O–H groups in total. The smallest absolute Gasteiger partial charge is 0.338 e. The van der Waals surface area contributed by atoms with Crippen LogP contribution in [0.15, 0.2) is 36.7 Å². The largest absolute Gasteiger partial charge is 0.465 e. The lowest BCUT2D eigenvalue weighted by atomic mass is 10.0. The highest BCUT2D eigenvalue weighted by Gasteiger charge is 2.25. The molecule has 1 saturated heterocycles. The molecule has 0 saturated carbocycles. The summed E-state index contributed by atoms with van der Waals surface area (Å²) in [6.07, 6.45) is 4.26. The molecule has 0 atom stereocenters. The lowest BCUT2D eigenvalue weighted by molar-refractivity contribution is -0.121. The van der Waals surface area contributed by atoms with E-state index in [0.717, 1.165) is 24.3 Å². The van der Waals surface area contributed by atoms with Gasteiger partial charge in [-0.05, 0) is 18.1 Å². The second kappa shape index (κ2) is 7.48. The Hall–Kier alpha value is -2.67. The molecule has 0 radical (unpaired) electrons. The minimum atomic E-state index is -0.326. The van der Waals surface area contributed by atoms with Crippen molar-refractivity contribution in [2.45, 2.75) is 6.42 Å². The van der Waals surface area contributed by atoms with Gasteiger partial charge in [0.15, 0.2) is 0 Å². The van der Waals surface area contributed by atoms with Gasteiger partial charge in [0.2, 0.25) is 5.91 Å². The lowest BCUT2D eigenvalue weighted by Gasteiger charge is -2.33. The van der Waals surface area contributed by atoms with Crippen LogP contribution in [0.4, 0.5) is 5.69 Å². The van der Waals surface area contributed by atoms with Crippen LogP contribution in [0.1, 0.15) is 15.9 Å². The number of aryl methyl sites for hydroxylation is 1. The van der Waals surface area contributed by atoms with Crippen LogP contribution < -0.4 is 4.90 Å². The molecule has 132 valence electrons. The standard InChI is InChI=1S/C18H22N4O3/c1-20-12-15(11-19-20)22-10-9-21(13-17(22)23)8-7-14-5-3-4-6-16(14)18(24)25-2/h3-6,11-12H,7-10,13H2,1-2H3. The molecule has 0 unspecified atom stereocenters. The number of anilines is 1. The maximum atomic E-state index is 12.4. The van der Waals surface area contributed by atoms with Crippen LogP contribution in [0.25, 0.3) is 0 Å². The number of ether oxygens (including phenoxy) is 1. The Bertz CT molecular complexity index is 771. The number of benzene rings is 1. The van der Waals surface area contributed by atoms with Crippen LogP contribution in [0.5, 0.6) is 0 Å². The fraction of sp³-hybridized carbons (Fsp3) is 0.389. The number of rotatable bonds is 5. The molecule has 0 aliphatic carbocycles. The first-order valence-corrected chi connectivity index (χ1v) is 8.26. The van der Waals surface area contributed by atoms with Gasteiger partial charge in [0.1, 0.15) is 0 Å². The highest BCUT2D eigenvalue weighted by Crippen LogP contribution is 2.17. The number of methoxy groups -OCH3 is 1. The molecule has 2 aromatic rings. The Morgan fingerprint density at radius 2 is 2.08 bits per heavy atom. The van der Waals surface area contributed by atoms with Crippen molar-refractivity contribution in [1.29, 1.82) is 0 Å². The predicted molar refractivity (Wildman–Crippen MR) is 93.5 cm³/mol. The zero-order valence-electron chi connectivity index (χ0n) is 14.5. The van der Waals surface area contributed by atoms with Gasteiger partial charge in [-0.3, -0.25) is 14.4 Å². The van der Waals surface area contributed by atoms with Gasteiger partial charge < -0.3 is 9.64 Å². The summed E-state index contributed by atoms with van der Waals surface area (Å²) in [7, 11) is 3.22. The van der Waals surface area contributed by atoms with Gasteiger partial charge in [-0.25, -0.2) is 4.79 Å². The van der Waals surface area contributed by atoms with Gasteiger partial charge in [-0.1, -0.05) is 18.2 Å². The van der Waals surface area contributed by atoms with Crippen LogP contribution in [0.2, 0.25) is 0 Å².